The van der Waals surface area contributed by atoms with E-state index in [1.54, 1.807) is 0 Å². The molecule has 34 heavy (non-hydrogen) atoms. The van der Waals surface area contributed by atoms with Crippen LogP contribution in [0, 0.1) is 0 Å². The third-order valence-corrected chi connectivity index (χ3v) is 9.57. The molecule has 0 N–H and O–H groups in total. The van der Waals surface area contributed by atoms with Crippen molar-refractivity contribution in [2.75, 3.05) is 0 Å². The second-order valence-corrected chi connectivity index (χ2v) is 20.2. The third-order valence-electron chi connectivity index (χ3n) is 4.36. The Labute approximate surface area is 188 Å². The summed E-state index contributed by atoms with van der Waals surface area (Å²) in [5.41, 5.74) is -4.36. The largest absolute Gasteiger partial charge is 0.443 e. The smallest absolute Gasteiger partial charge is 0.434 e. The minimum absolute atomic E-state index is 1.17. The van der Waals surface area contributed by atoms with E-state index in [4.69, 9.17) is 0 Å². The van der Waals surface area contributed by atoms with E-state index in [1.807, 2.05) is 0 Å². The number of carbonyl (C=O) groups excluding carboxylic acids is 2. The van der Waals surface area contributed by atoms with Crippen LogP contribution in [0.5, 0.6) is 0 Å². The molecule has 0 aromatic carbocycles. The molecule has 0 aromatic heterocycles. The van der Waals surface area contributed by atoms with E-state index < -0.39 is 76.1 Å². The second-order valence-electron chi connectivity index (χ2n) is 9.49. The minimum atomic E-state index is -6.13. The first-order valence-corrected chi connectivity index (χ1v) is 16.4. The number of esters is 2. The lowest BCUT2D eigenvalue weighted by Crippen LogP contribution is -2.53. The van der Waals surface area contributed by atoms with Crippen LogP contribution < -0.4 is 0 Å². The van der Waals surface area contributed by atoms with E-state index in [-0.39, 0.29) is 0 Å². The molecule has 0 unspecified atom stereocenters. The normalized spacial score (nSPS) is 16.5. The second kappa shape index (κ2) is 9.89. The number of rotatable bonds is 7. The van der Waals surface area contributed by atoms with Gasteiger partial charge in [-0.3, -0.25) is 9.59 Å². The van der Waals surface area contributed by atoms with Crippen molar-refractivity contribution in [3.05, 3.63) is 0 Å². The van der Waals surface area contributed by atoms with Gasteiger partial charge in [0.15, 0.2) is 0 Å². The Morgan fingerprint density at radius 2 is 0.676 bits per heavy atom. The molecule has 0 bridgehead atoms. The summed E-state index contributed by atoms with van der Waals surface area (Å²) in [6.07, 6.45) is -33.8. The van der Waals surface area contributed by atoms with Crippen molar-refractivity contribution in [1.82, 2.24) is 0 Å². The number of hydrogen-bond donors (Lipinski definition) is 0. The maximum atomic E-state index is 12.8. The fourth-order valence-electron chi connectivity index (χ4n) is 3.00. The first-order chi connectivity index (χ1) is 14.5. The zero-order chi connectivity index (χ0) is 27.9. The van der Waals surface area contributed by atoms with Crippen LogP contribution in [0.3, 0.4) is 0 Å². The molecule has 18 heteroatoms. The van der Waals surface area contributed by atoms with Crippen molar-refractivity contribution in [1.29, 1.82) is 0 Å². The Kier molecular flexibility index (Phi) is 9.46. The van der Waals surface area contributed by atoms with Crippen LogP contribution in [0.1, 0.15) is 0 Å². The highest BCUT2D eigenvalue weighted by Gasteiger charge is 2.63. The summed E-state index contributed by atoms with van der Waals surface area (Å²) in [6.45, 7) is 7.00. The Morgan fingerprint density at radius 3 is 0.794 bits per heavy atom. The monoisotopic (exact) mass is 562 g/mol. The molecular formula is C16H22F12O4Si2. The summed E-state index contributed by atoms with van der Waals surface area (Å²) in [7, 11) is -6.90. The molecule has 0 rings (SSSR count). The summed E-state index contributed by atoms with van der Waals surface area (Å²) in [5.74, 6) is -4.45. The van der Waals surface area contributed by atoms with Crippen LogP contribution in [0.25, 0.3) is 0 Å². The summed E-state index contributed by atoms with van der Waals surface area (Å²) in [6, 6.07) is 0. The van der Waals surface area contributed by atoms with Crippen LogP contribution in [0.4, 0.5) is 52.7 Å². The highest BCUT2D eigenvalue weighted by molar-refractivity contribution is 6.87. The van der Waals surface area contributed by atoms with E-state index in [9.17, 15) is 62.3 Å². The van der Waals surface area contributed by atoms with Gasteiger partial charge in [-0.2, -0.15) is 52.7 Å². The van der Waals surface area contributed by atoms with Crippen LogP contribution in [-0.4, -0.2) is 65.0 Å². The number of hydrogen-bond acceptors (Lipinski definition) is 4. The van der Waals surface area contributed by atoms with Crippen LogP contribution in [0.15, 0.2) is 0 Å². The van der Waals surface area contributed by atoms with Gasteiger partial charge in [-0.15, -0.1) is 0 Å². The maximum absolute atomic E-state index is 12.8. The summed E-state index contributed by atoms with van der Waals surface area (Å²) in [5, 5.41) is 0. The van der Waals surface area contributed by atoms with E-state index in [0.29, 0.717) is 0 Å². The highest BCUT2D eigenvalue weighted by Crippen LogP contribution is 2.46. The molecule has 0 saturated heterocycles. The predicted octanol–water partition coefficient (Wildman–Crippen LogP) is 6.48. The van der Waals surface area contributed by atoms with E-state index in [1.165, 1.54) is 39.3 Å². The van der Waals surface area contributed by atoms with Gasteiger partial charge in [0.1, 0.15) is 0 Å². The lowest BCUT2D eigenvalue weighted by atomic mass is 10.2. The molecule has 0 fully saturated rings. The molecule has 0 radical (unpaired) electrons. The summed E-state index contributed by atoms with van der Waals surface area (Å²) >= 11 is 0. The molecule has 202 valence electrons. The average Bonchev–Trinajstić information content (AvgIpc) is 2.47. The lowest BCUT2D eigenvalue weighted by Gasteiger charge is -2.40. The molecule has 0 aliphatic carbocycles. The average molecular weight is 562 g/mol. The van der Waals surface area contributed by atoms with Gasteiger partial charge in [0, 0.05) is 0 Å². The van der Waals surface area contributed by atoms with E-state index in [0.717, 1.165) is 0 Å². The van der Waals surface area contributed by atoms with Crippen molar-refractivity contribution < 1.29 is 71.7 Å². The number of ether oxygens (including phenoxy) is 2. The quantitative estimate of drug-likeness (QED) is 0.203. The molecular weight excluding hydrogens is 540 g/mol. The SMILES string of the molecule is C[Si](C)(C)[C@@H](C(=O)OC(C(F)(F)F)C(F)(F)F)[C@H](C(=O)OC(C(F)(F)F)C(F)(F)F)[Si](C)(C)C. The van der Waals surface area contributed by atoms with Crippen LogP contribution in [0.2, 0.25) is 50.4 Å². The zero-order valence-corrected chi connectivity index (χ0v) is 20.5. The number of carbonyl (C=O) groups is 2. The Balaban J connectivity index is 6.58. The molecule has 0 aliphatic heterocycles. The van der Waals surface area contributed by atoms with Gasteiger partial charge in [-0.05, 0) is 0 Å². The van der Waals surface area contributed by atoms with Gasteiger partial charge >= 0.3 is 36.6 Å². The Hall–Kier alpha value is -1.47. The zero-order valence-electron chi connectivity index (χ0n) is 18.5. The fraction of sp³-hybridized carbons (Fsp3) is 0.875. The number of alkyl halides is 12. The number of halogens is 12. The minimum Gasteiger partial charge on any atom is -0.443 e. The van der Waals surface area contributed by atoms with Crippen LogP contribution in [-0.2, 0) is 19.1 Å². The topological polar surface area (TPSA) is 52.6 Å². The van der Waals surface area contributed by atoms with Gasteiger partial charge in [0.05, 0.1) is 27.2 Å². The first kappa shape index (κ1) is 32.5. The first-order valence-electron chi connectivity index (χ1n) is 9.20. The van der Waals surface area contributed by atoms with Crippen molar-refractivity contribution in [3.8, 4) is 0 Å². The molecule has 0 aromatic rings. The molecule has 0 heterocycles. The molecule has 0 saturated carbocycles. The van der Waals surface area contributed by atoms with Crippen molar-refractivity contribution >= 4 is 28.1 Å². The van der Waals surface area contributed by atoms with Crippen molar-refractivity contribution in [2.45, 2.75) is 87.3 Å². The van der Waals surface area contributed by atoms with Gasteiger partial charge < -0.3 is 9.47 Å². The highest BCUT2D eigenvalue weighted by atomic mass is 28.3. The van der Waals surface area contributed by atoms with Gasteiger partial charge in [0.2, 0.25) is 0 Å². The molecule has 0 spiro atoms. The van der Waals surface area contributed by atoms with Gasteiger partial charge in [0.25, 0.3) is 12.2 Å². The van der Waals surface area contributed by atoms with Crippen molar-refractivity contribution in [3.63, 3.8) is 0 Å². The third kappa shape index (κ3) is 8.96. The van der Waals surface area contributed by atoms with Gasteiger partial charge in [-0.1, -0.05) is 39.3 Å². The van der Waals surface area contributed by atoms with Gasteiger partial charge in [-0.25, -0.2) is 0 Å². The lowest BCUT2D eigenvalue weighted by molar-refractivity contribution is -0.315. The maximum Gasteiger partial charge on any atom is 0.434 e. The standard InChI is InChI=1S/C16H22F12O4Si2/c1-33(2,3)7(9(29)31-11(13(17,18)19)14(20,21)22)8(34(4,5)6)10(30)32-12(15(23,24)25)16(26,27)28/h7-8,11-12H,1-6H3/t7-,8-/m1/s1. The molecule has 4 nitrogen and oxygen atoms in total. The Morgan fingerprint density at radius 1 is 0.500 bits per heavy atom. The summed E-state index contributed by atoms with van der Waals surface area (Å²) < 4.78 is 161. The van der Waals surface area contributed by atoms with Crippen LogP contribution >= 0.6 is 0 Å². The molecule has 0 aliphatic rings. The predicted molar refractivity (Wildman–Crippen MR) is 98.2 cm³/mol. The fourth-order valence-corrected chi connectivity index (χ4v) is 9.82. The Bertz CT molecular complexity index is 639. The molecule has 2 atom stereocenters. The van der Waals surface area contributed by atoms with E-state index in [2.05, 4.69) is 9.47 Å². The van der Waals surface area contributed by atoms with Crippen molar-refractivity contribution in [2.24, 2.45) is 0 Å². The summed E-state index contributed by atoms with van der Waals surface area (Å²) in [4.78, 5) is 25.1. The van der Waals surface area contributed by atoms with E-state index >= 15 is 0 Å². The molecule has 0 amide bonds.